The quantitative estimate of drug-likeness (QED) is 0.877. The van der Waals surface area contributed by atoms with E-state index in [1.165, 1.54) is 6.07 Å². The molecule has 27 heavy (non-hydrogen) atoms. The van der Waals surface area contributed by atoms with Crippen LogP contribution in [-0.4, -0.2) is 54.4 Å². The van der Waals surface area contributed by atoms with Crippen molar-refractivity contribution in [2.24, 2.45) is 0 Å². The maximum absolute atomic E-state index is 13.9. The maximum atomic E-state index is 13.9. The van der Waals surface area contributed by atoms with Gasteiger partial charge in [0.05, 0.1) is 5.69 Å². The van der Waals surface area contributed by atoms with Crippen LogP contribution in [0.1, 0.15) is 34.3 Å². The molecule has 0 aliphatic carbocycles. The summed E-state index contributed by atoms with van der Waals surface area (Å²) >= 11 is 0. The summed E-state index contributed by atoms with van der Waals surface area (Å²) in [5.41, 5.74) is 1.04. The van der Waals surface area contributed by atoms with Crippen LogP contribution < -0.4 is 10.2 Å². The van der Waals surface area contributed by atoms with Crippen molar-refractivity contribution in [3.05, 3.63) is 59.7 Å². The minimum atomic E-state index is -0.282. The highest BCUT2D eigenvalue weighted by Gasteiger charge is 2.24. The van der Waals surface area contributed by atoms with Crippen LogP contribution in [0, 0.1) is 5.82 Å². The van der Waals surface area contributed by atoms with E-state index in [9.17, 15) is 14.0 Å². The molecule has 0 saturated carbocycles. The Morgan fingerprint density at radius 1 is 1.04 bits per heavy atom. The minimum absolute atomic E-state index is 0.215. The number of carbonyl (C=O) groups is 2. The van der Waals surface area contributed by atoms with Crippen LogP contribution in [0.4, 0.5) is 10.1 Å². The Bertz CT molecular complexity index is 819. The molecule has 2 amide bonds. The van der Waals surface area contributed by atoms with E-state index in [-0.39, 0.29) is 29.0 Å². The lowest BCUT2D eigenvalue weighted by Crippen LogP contribution is -2.49. The number of benzene rings is 1. The number of nitrogens with zero attached hydrogens (tertiary/aromatic N) is 3. The smallest absolute Gasteiger partial charge is 0.272 e. The van der Waals surface area contributed by atoms with Crippen molar-refractivity contribution in [1.29, 1.82) is 0 Å². The third kappa shape index (κ3) is 4.42. The molecule has 1 aromatic carbocycles. The highest BCUT2D eigenvalue weighted by Crippen LogP contribution is 2.20. The van der Waals surface area contributed by atoms with Gasteiger partial charge in [-0.05, 0) is 30.7 Å². The van der Waals surface area contributed by atoms with Crippen LogP contribution in [-0.2, 0) is 0 Å². The third-order valence-corrected chi connectivity index (χ3v) is 4.50. The second-order valence-electron chi connectivity index (χ2n) is 6.39. The molecule has 1 aromatic heterocycles. The summed E-state index contributed by atoms with van der Waals surface area (Å²) in [6.45, 7) is 4.57. The molecule has 1 saturated heterocycles. The number of hydrogen-bond donors (Lipinski definition) is 1. The predicted molar refractivity (Wildman–Crippen MR) is 101 cm³/mol. The zero-order chi connectivity index (χ0) is 19.2. The number of piperazine rings is 1. The molecule has 142 valence electrons. The molecule has 0 spiro atoms. The van der Waals surface area contributed by atoms with E-state index in [0.29, 0.717) is 38.4 Å². The molecule has 2 heterocycles. The van der Waals surface area contributed by atoms with Gasteiger partial charge >= 0.3 is 0 Å². The lowest BCUT2D eigenvalue weighted by Gasteiger charge is -2.36. The highest BCUT2D eigenvalue weighted by molar-refractivity contribution is 5.96. The fraction of sp³-hybridized carbons (Fsp3) is 0.350. The number of halogens is 1. The van der Waals surface area contributed by atoms with Gasteiger partial charge in [0.25, 0.3) is 11.8 Å². The standard InChI is InChI=1S/C20H23FN4O2/c1-2-10-22-19(26)16-7-5-8-17(23-16)20(27)25-13-11-24(12-14-25)18-9-4-3-6-15(18)21/h3-9H,2,10-14H2,1H3,(H,22,26). The molecule has 2 aromatic rings. The Morgan fingerprint density at radius 3 is 2.44 bits per heavy atom. The van der Waals surface area contributed by atoms with Crippen LogP contribution >= 0.6 is 0 Å². The van der Waals surface area contributed by atoms with E-state index >= 15 is 0 Å². The van der Waals surface area contributed by atoms with E-state index in [4.69, 9.17) is 0 Å². The molecule has 0 atom stereocenters. The number of hydrogen-bond acceptors (Lipinski definition) is 4. The van der Waals surface area contributed by atoms with Crippen LogP contribution in [0.25, 0.3) is 0 Å². The van der Waals surface area contributed by atoms with Crippen molar-refractivity contribution < 1.29 is 14.0 Å². The van der Waals surface area contributed by atoms with Gasteiger partial charge in [-0.3, -0.25) is 9.59 Å². The lowest BCUT2D eigenvalue weighted by molar-refractivity contribution is 0.0740. The predicted octanol–water partition coefficient (Wildman–Crippen LogP) is 2.32. The zero-order valence-electron chi connectivity index (χ0n) is 15.3. The molecule has 7 heteroatoms. The van der Waals surface area contributed by atoms with Crippen LogP contribution in [0.15, 0.2) is 42.5 Å². The van der Waals surface area contributed by atoms with Gasteiger partial charge in [0.2, 0.25) is 0 Å². The van der Waals surface area contributed by atoms with E-state index in [0.717, 1.165) is 6.42 Å². The zero-order valence-corrected chi connectivity index (χ0v) is 15.3. The lowest BCUT2D eigenvalue weighted by atomic mass is 10.2. The number of amides is 2. The van der Waals surface area contributed by atoms with Crippen molar-refractivity contribution >= 4 is 17.5 Å². The first-order valence-corrected chi connectivity index (χ1v) is 9.14. The fourth-order valence-corrected chi connectivity index (χ4v) is 3.03. The largest absolute Gasteiger partial charge is 0.366 e. The highest BCUT2D eigenvalue weighted by atomic mass is 19.1. The average molecular weight is 370 g/mol. The molecule has 0 unspecified atom stereocenters. The molecule has 0 radical (unpaired) electrons. The number of carbonyl (C=O) groups excluding carboxylic acids is 2. The summed E-state index contributed by atoms with van der Waals surface area (Å²) in [5.74, 6) is -0.756. The minimum Gasteiger partial charge on any atom is -0.366 e. The Balaban J connectivity index is 1.64. The Kier molecular flexibility index (Phi) is 6.01. The topological polar surface area (TPSA) is 65.5 Å². The maximum Gasteiger partial charge on any atom is 0.272 e. The molecule has 1 aliphatic rings. The number of aromatic nitrogens is 1. The van der Waals surface area contributed by atoms with Gasteiger partial charge in [-0.1, -0.05) is 25.1 Å². The second kappa shape index (κ2) is 8.62. The number of nitrogens with one attached hydrogen (secondary N) is 1. The van der Waals surface area contributed by atoms with Crippen molar-refractivity contribution in [1.82, 2.24) is 15.2 Å². The Labute approximate surface area is 158 Å². The average Bonchev–Trinajstić information content (AvgIpc) is 2.72. The van der Waals surface area contributed by atoms with Crippen LogP contribution in [0.3, 0.4) is 0 Å². The van der Waals surface area contributed by atoms with E-state index in [1.54, 1.807) is 41.3 Å². The summed E-state index contributed by atoms with van der Waals surface area (Å²) in [4.78, 5) is 32.6. The normalized spacial score (nSPS) is 14.1. The van der Waals surface area contributed by atoms with Crippen molar-refractivity contribution in [3.8, 4) is 0 Å². The van der Waals surface area contributed by atoms with Crippen LogP contribution in [0.2, 0.25) is 0 Å². The van der Waals surface area contributed by atoms with E-state index in [2.05, 4.69) is 10.3 Å². The van der Waals surface area contributed by atoms with Crippen molar-refractivity contribution in [2.75, 3.05) is 37.6 Å². The molecule has 3 rings (SSSR count). The fourth-order valence-electron chi connectivity index (χ4n) is 3.03. The number of pyridine rings is 1. The summed E-state index contributed by atoms with van der Waals surface area (Å²) in [6.07, 6.45) is 0.830. The summed E-state index contributed by atoms with van der Waals surface area (Å²) in [5, 5.41) is 2.76. The van der Waals surface area contributed by atoms with Crippen molar-refractivity contribution in [3.63, 3.8) is 0 Å². The first kappa shape index (κ1) is 18.8. The van der Waals surface area contributed by atoms with Gasteiger partial charge in [0, 0.05) is 32.7 Å². The molecule has 0 bridgehead atoms. The van der Waals surface area contributed by atoms with Gasteiger partial charge in [-0.15, -0.1) is 0 Å². The summed E-state index contributed by atoms with van der Waals surface area (Å²) in [6, 6.07) is 11.5. The Hall–Kier alpha value is -2.96. The summed E-state index contributed by atoms with van der Waals surface area (Å²) < 4.78 is 13.9. The first-order chi connectivity index (χ1) is 13.1. The molecule has 6 nitrogen and oxygen atoms in total. The molecule has 1 aliphatic heterocycles. The SMILES string of the molecule is CCCNC(=O)c1cccc(C(=O)N2CCN(c3ccccc3F)CC2)n1. The molecule has 1 fully saturated rings. The first-order valence-electron chi connectivity index (χ1n) is 9.14. The molecular weight excluding hydrogens is 347 g/mol. The van der Waals surface area contributed by atoms with Gasteiger partial charge in [-0.2, -0.15) is 0 Å². The van der Waals surface area contributed by atoms with Gasteiger partial charge < -0.3 is 15.1 Å². The number of para-hydroxylation sites is 1. The van der Waals surface area contributed by atoms with Crippen LogP contribution in [0.5, 0.6) is 0 Å². The Morgan fingerprint density at radius 2 is 1.74 bits per heavy atom. The monoisotopic (exact) mass is 370 g/mol. The van der Waals surface area contributed by atoms with Crippen molar-refractivity contribution in [2.45, 2.75) is 13.3 Å². The van der Waals surface area contributed by atoms with Gasteiger partial charge in [-0.25, -0.2) is 9.37 Å². The third-order valence-electron chi connectivity index (χ3n) is 4.50. The van der Waals surface area contributed by atoms with E-state index in [1.807, 2.05) is 11.8 Å². The molecular formula is C20H23FN4O2. The van der Waals surface area contributed by atoms with Gasteiger partial charge in [0.1, 0.15) is 17.2 Å². The summed E-state index contributed by atoms with van der Waals surface area (Å²) in [7, 11) is 0. The number of anilines is 1. The second-order valence-corrected chi connectivity index (χ2v) is 6.39. The van der Waals surface area contributed by atoms with Gasteiger partial charge in [0.15, 0.2) is 0 Å². The number of rotatable bonds is 5. The molecule has 1 N–H and O–H groups in total. The van der Waals surface area contributed by atoms with E-state index < -0.39 is 0 Å².